The summed E-state index contributed by atoms with van der Waals surface area (Å²) in [4.78, 5) is 0. The van der Waals surface area contributed by atoms with Gasteiger partial charge in [0.1, 0.15) is 0 Å². The SMILES string of the molecule is COc1cc([C@@H](NS(=O)C(C)(C)C)c2ccccc2)c(P(c2ccccc2)c2ccccc2)cc1OC. The lowest BCUT2D eigenvalue weighted by molar-refractivity contribution is 0.354. The molecule has 0 aliphatic heterocycles. The van der Waals surface area contributed by atoms with E-state index in [-0.39, 0.29) is 6.04 Å². The summed E-state index contributed by atoms with van der Waals surface area (Å²) in [5.41, 5.74) is 2.05. The van der Waals surface area contributed by atoms with Crippen molar-refractivity contribution in [3.63, 3.8) is 0 Å². The van der Waals surface area contributed by atoms with Crippen molar-refractivity contribution < 1.29 is 13.7 Å². The van der Waals surface area contributed by atoms with E-state index in [1.54, 1.807) is 14.2 Å². The van der Waals surface area contributed by atoms with Crippen LogP contribution in [0.15, 0.2) is 103 Å². The Morgan fingerprint density at radius 3 is 1.65 bits per heavy atom. The van der Waals surface area contributed by atoms with Gasteiger partial charge in [-0.2, -0.15) is 0 Å². The first-order valence-corrected chi connectivity index (χ1v) is 14.7. The van der Waals surface area contributed by atoms with Crippen LogP contribution in [0.5, 0.6) is 11.5 Å². The fraction of sp³-hybridized carbons (Fsp3) is 0.226. The predicted octanol–water partition coefficient (Wildman–Crippen LogP) is 5.60. The van der Waals surface area contributed by atoms with Crippen LogP contribution in [0.1, 0.15) is 37.9 Å². The summed E-state index contributed by atoms with van der Waals surface area (Å²) in [5, 5.41) is 3.57. The van der Waals surface area contributed by atoms with E-state index in [1.165, 1.54) is 10.6 Å². The zero-order valence-electron chi connectivity index (χ0n) is 22.0. The molecule has 192 valence electrons. The van der Waals surface area contributed by atoms with Crippen molar-refractivity contribution in [2.24, 2.45) is 0 Å². The second-order valence-electron chi connectivity index (χ2n) is 9.62. The van der Waals surface area contributed by atoms with Crippen molar-refractivity contribution in [3.8, 4) is 11.5 Å². The van der Waals surface area contributed by atoms with Crippen molar-refractivity contribution in [1.29, 1.82) is 0 Å². The van der Waals surface area contributed by atoms with E-state index in [2.05, 4.69) is 71.5 Å². The van der Waals surface area contributed by atoms with Gasteiger partial charge in [-0.15, -0.1) is 0 Å². The molecule has 0 fully saturated rings. The van der Waals surface area contributed by atoms with Crippen molar-refractivity contribution in [1.82, 2.24) is 4.72 Å². The van der Waals surface area contributed by atoms with Gasteiger partial charge in [0.05, 0.1) is 36.0 Å². The summed E-state index contributed by atoms with van der Waals surface area (Å²) in [6, 6.07) is 35.1. The number of rotatable bonds is 9. The third kappa shape index (κ3) is 6.30. The van der Waals surface area contributed by atoms with Crippen LogP contribution >= 0.6 is 7.92 Å². The van der Waals surface area contributed by atoms with Gasteiger partial charge in [0.2, 0.25) is 0 Å². The van der Waals surface area contributed by atoms with E-state index >= 15 is 0 Å². The molecule has 2 atom stereocenters. The lowest BCUT2D eigenvalue weighted by Crippen LogP contribution is -2.38. The third-order valence-electron chi connectivity index (χ3n) is 6.03. The Bertz CT molecular complexity index is 1290. The average Bonchev–Trinajstić information content (AvgIpc) is 2.92. The van der Waals surface area contributed by atoms with Gasteiger partial charge < -0.3 is 9.47 Å². The lowest BCUT2D eigenvalue weighted by atomic mass is 9.99. The summed E-state index contributed by atoms with van der Waals surface area (Å²) in [5.74, 6) is 1.31. The topological polar surface area (TPSA) is 47.6 Å². The first kappa shape index (κ1) is 27.1. The Hall–Kier alpha value is -2.98. The van der Waals surface area contributed by atoms with Gasteiger partial charge in [-0.3, -0.25) is 0 Å². The molecule has 0 aromatic heterocycles. The molecule has 4 rings (SSSR count). The molecule has 37 heavy (non-hydrogen) atoms. The maximum Gasteiger partial charge on any atom is 0.161 e. The van der Waals surface area contributed by atoms with Gasteiger partial charge in [-0.25, -0.2) is 8.93 Å². The zero-order valence-corrected chi connectivity index (χ0v) is 23.7. The number of hydrogen-bond donors (Lipinski definition) is 1. The Morgan fingerprint density at radius 1 is 0.730 bits per heavy atom. The smallest absolute Gasteiger partial charge is 0.161 e. The molecule has 0 heterocycles. The van der Waals surface area contributed by atoms with Crippen molar-refractivity contribution in [2.75, 3.05) is 14.2 Å². The van der Waals surface area contributed by atoms with Crippen molar-refractivity contribution in [2.45, 2.75) is 31.6 Å². The Labute approximate surface area is 224 Å². The van der Waals surface area contributed by atoms with E-state index in [4.69, 9.17) is 9.47 Å². The molecular weight excluding hydrogens is 497 g/mol. The van der Waals surface area contributed by atoms with E-state index in [1.807, 2.05) is 57.2 Å². The van der Waals surface area contributed by atoms with Gasteiger partial charge in [0, 0.05) is 0 Å². The lowest BCUT2D eigenvalue weighted by Gasteiger charge is -2.30. The normalized spacial score (nSPS) is 13.2. The van der Waals surface area contributed by atoms with Crippen LogP contribution in [0.3, 0.4) is 0 Å². The quantitative estimate of drug-likeness (QED) is 0.286. The second kappa shape index (κ2) is 12.0. The van der Waals surface area contributed by atoms with E-state index < -0.39 is 23.7 Å². The summed E-state index contributed by atoms with van der Waals surface area (Å²) < 4.78 is 28.0. The second-order valence-corrected chi connectivity index (χ2v) is 13.8. The minimum absolute atomic E-state index is 0.325. The third-order valence-corrected chi connectivity index (χ3v) is 10.1. The summed E-state index contributed by atoms with van der Waals surface area (Å²) in [7, 11) is 1.05. The van der Waals surface area contributed by atoms with Gasteiger partial charge in [0.15, 0.2) is 11.5 Å². The molecule has 0 spiro atoms. The highest BCUT2D eigenvalue weighted by Gasteiger charge is 2.30. The number of nitrogens with one attached hydrogen (secondary N) is 1. The van der Waals surface area contributed by atoms with Crippen molar-refractivity contribution in [3.05, 3.63) is 114 Å². The van der Waals surface area contributed by atoms with Crippen LogP contribution in [0.4, 0.5) is 0 Å². The number of benzene rings is 4. The maximum atomic E-state index is 13.5. The molecule has 1 unspecified atom stereocenters. The van der Waals surface area contributed by atoms with Crippen LogP contribution in [-0.4, -0.2) is 23.2 Å². The van der Waals surface area contributed by atoms with Gasteiger partial charge >= 0.3 is 0 Å². The monoisotopic (exact) mass is 531 g/mol. The average molecular weight is 532 g/mol. The Balaban J connectivity index is 2.02. The van der Waals surface area contributed by atoms with E-state index in [9.17, 15) is 4.21 Å². The molecule has 0 saturated carbocycles. The van der Waals surface area contributed by atoms with Gasteiger partial charge in [-0.1, -0.05) is 91.0 Å². The fourth-order valence-corrected chi connectivity index (χ4v) is 7.45. The molecule has 0 saturated heterocycles. The van der Waals surface area contributed by atoms with Crippen molar-refractivity contribution >= 4 is 34.8 Å². The minimum Gasteiger partial charge on any atom is -0.493 e. The Kier molecular flexibility index (Phi) is 8.81. The van der Waals surface area contributed by atoms with Gasteiger partial charge in [0.25, 0.3) is 0 Å². The highest BCUT2D eigenvalue weighted by Crippen LogP contribution is 2.41. The molecule has 4 aromatic rings. The first-order chi connectivity index (χ1) is 17.8. The molecule has 1 N–H and O–H groups in total. The molecule has 4 nitrogen and oxygen atoms in total. The van der Waals surface area contributed by atoms with Crippen LogP contribution in [0.25, 0.3) is 0 Å². The molecule has 0 aliphatic carbocycles. The minimum atomic E-state index is -1.31. The Morgan fingerprint density at radius 2 is 1.19 bits per heavy atom. The predicted molar refractivity (Wildman–Crippen MR) is 158 cm³/mol. The molecule has 0 amide bonds. The largest absolute Gasteiger partial charge is 0.493 e. The highest BCUT2D eigenvalue weighted by atomic mass is 32.2. The summed E-state index contributed by atoms with van der Waals surface area (Å²) in [6.07, 6.45) is 0. The molecule has 4 aromatic carbocycles. The van der Waals surface area contributed by atoms with Crippen LogP contribution < -0.4 is 30.1 Å². The molecule has 6 heteroatoms. The van der Waals surface area contributed by atoms with Gasteiger partial charge in [-0.05, 0) is 67.9 Å². The maximum absolute atomic E-state index is 13.5. The van der Waals surface area contributed by atoms with Crippen LogP contribution in [0, 0.1) is 0 Å². The van der Waals surface area contributed by atoms with Crippen LogP contribution in [-0.2, 0) is 11.0 Å². The van der Waals surface area contributed by atoms with E-state index in [0.29, 0.717) is 11.5 Å². The van der Waals surface area contributed by atoms with Crippen LogP contribution in [0.2, 0.25) is 0 Å². The number of hydrogen-bond acceptors (Lipinski definition) is 3. The number of methoxy groups -OCH3 is 2. The first-order valence-electron chi connectivity index (χ1n) is 12.2. The summed E-state index contributed by atoms with van der Waals surface area (Å²) >= 11 is 0. The standard InChI is InChI=1S/C31H34NO3PS/c1-31(2,3)37(33)32-30(23-15-9-6-10-16-23)26-21-27(34-4)28(35-5)22-29(26)36(24-17-11-7-12-18-24)25-19-13-8-14-20-25/h6-22,30,32H,1-5H3/t30-,37?/m0/s1. The molecule has 0 aliphatic rings. The fourth-order valence-electron chi connectivity index (χ4n) is 4.13. The molecule has 0 bridgehead atoms. The summed E-state index contributed by atoms with van der Waals surface area (Å²) in [6.45, 7) is 5.94. The molecule has 0 radical (unpaired) electrons. The highest BCUT2D eigenvalue weighted by molar-refractivity contribution is 7.84. The molecular formula is C31H34NO3PS. The zero-order chi connectivity index (χ0) is 26.4. The van der Waals surface area contributed by atoms with E-state index in [0.717, 1.165) is 16.4 Å². The number of ether oxygens (including phenoxy) is 2.